The zero-order chi connectivity index (χ0) is 22.7. The number of hydrogen-bond donors (Lipinski definition) is 1. The normalized spacial score (nSPS) is 10.8. The molecule has 1 amide bonds. The summed E-state index contributed by atoms with van der Waals surface area (Å²) in [6.07, 6.45) is 0.520. The number of ether oxygens (including phenoxy) is 2. The van der Waals surface area contributed by atoms with Crippen molar-refractivity contribution in [2.75, 3.05) is 19.5 Å². The van der Waals surface area contributed by atoms with E-state index in [9.17, 15) is 9.59 Å². The van der Waals surface area contributed by atoms with Crippen molar-refractivity contribution in [3.05, 3.63) is 57.3 Å². The molecule has 3 aromatic rings. The number of aromatic nitrogens is 4. The first kappa shape index (κ1) is 22.1. The van der Waals surface area contributed by atoms with E-state index >= 15 is 0 Å². The van der Waals surface area contributed by atoms with Crippen LogP contribution in [0.25, 0.3) is 5.95 Å². The Morgan fingerprint density at radius 2 is 1.81 bits per heavy atom. The highest BCUT2D eigenvalue weighted by molar-refractivity contribution is 5.91. The maximum absolute atomic E-state index is 13.2. The van der Waals surface area contributed by atoms with Crippen LogP contribution < -0.4 is 20.3 Å². The Bertz CT molecular complexity index is 1180. The van der Waals surface area contributed by atoms with Gasteiger partial charge in [-0.2, -0.15) is 5.10 Å². The van der Waals surface area contributed by atoms with Crippen LogP contribution in [0.2, 0.25) is 0 Å². The molecule has 0 bridgehead atoms. The van der Waals surface area contributed by atoms with Gasteiger partial charge >= 0.3 is 0 Å². The number of hydrogen-bond acceptors (Lipinski definition) is 6. The Kier molecular flexibility index (Phi) is 6.43. The van der Waals surface area contributed by atoms with Gasteiger partial charge in [-0.1, -0.05) is 6.92 Å². The third kappa shape index (κ3) is 4.45. The van der Waals surface area contributed by atoms with Crippen molar-refractivity contribution >= 4 is 11.6 Å². The van der Waals surface area contributed by atoms with Gasteiger partial charge in [-0.3, -0.25) is 14.2 Å². The van der Waals surface area contributed by atoms with Crippen molar-refractivity contribution in [2.24, 2.45) is 0 Å². The molecule has 3 rings (SSSR count). The summed E-state index contributed by atoms with van der Waals surface area (Å²) in [4.78, 5) is 30.6. The molecular formula is C22H27N5O4. The van der Waals surface area contributed by atoms with Gasteiger partial charge in [0.1, 0.15) is 6.54 Å². The maximum Gasteiger partial charge on any atom is 0.258 e. The third-order valence-corrected chi connectivity index (χ3v) is 4.97. The first-order chi connectivity index (χ1) is 14.8. The Morgan fingerprint density at radius 1 is 1.10 bits per heavy atom. The fourth-order valence-corrected chi connectivity index (χ4v) is 3.49. The lowest BCUT2D eigenvalue weighted by atomic mass is 10.2. The molecule has 0 unspecified atom stereocenters. The molecular weight excluding hydrogens is 398 g/mol. The van der Waals surface area contributed by atoms with Gasteiger partial charge in [0, 0.05) is 23.0 Å². The quantitative estimate of drug-likeness (QED) is 0.625. The molecule has 0 fully saturated rings. The molecule has 2 aromatic heterocycles. The molecule has 1 aromatic carbocycles. The highest BCUT2D eigenvalue weighted by atomic mass is 16.5. The number of carbonyl (C=O) groups is 1. The van der Waals surface area contributed by atoms with Crippen LogP contribution in [0.1, 0.15) is 29.6 Å². The highest BCUT2D eigenvalue weighted by Gasteiger charge is 2.19. The number of nitrogens with one attached hydrogen (secondary N) is 1. The second-order valence-electron chi connectivity index (χ2n) is 7.18. The summed E-state index contributed by atoms with van der Waals surface area (Å²) in [5.74, 6) is 0.988. The van der Waals surface area contributed by atoms with Crippen molar-refractivity contribution in [3.63, 3.8) is 0 Å². The maximum atomic E-state index is 13.2. The Morgan fingerprint density at radius 3 is 2.39 bits per heavy atom. The lowest BCUT2D eigenvalue weighted by Gasteiger charge is -2.16. The summed E-state index contributed by atoms with van der Waals surface area (Å²) < 4.78 is 13.5. The van der Waals surface area contributed by atoms with Gasteiger partial charge in [0.25, 0.3) is 5.56 Å². The molecule has 0 saturated heterocycles. The molecule has 0 aliphatic carbocycles. The fourth-order valence-electron chi connectivity index (χ4n) is 3.49. The topological polar surface area (TPSA) is 100 Å². The van der Waals surface area contributed by atoms with Crippen molar-refractivity contribution in [3.8, 4) is 17.4 Å². The monoisotopic (exact) mass is 425 g/mol. The van der Waals surface area contributed by atoms with E-state index in [1.165, 1.54) is 11.7 Å². The molecule has 0 spiro atoms. The summed E-state index contributed by atoms with van der Waals surface area (Å²) in [6.45, 7) is 7.22. The average molecular weight is 425 g/mol. The predicted octanol–water partition coefficient (Wildman–Crippen LogP) is 2.57. The first-order valence-corrected chi connectivity index (χ1v) is 9.94. The third-order valence-electron chi connectivity index (χ3n) is 4.97. The van der Waals surface area contributed by atoms with Crippen molar-refractivity contribution in [1.82, 2.24) is 19.3 Å². The molecule has 2 heterocycles. The van der Waals surface area contributed by atoms with Gasteiger partial charge in [-0.05, 0) is 45.4 Å². The molecule has 0 aliphatic rings. The second-order valence-corrected chi connectivity index (χ2v) is 7.18. The van der Waals surface area contributed by atoms with Crippen LogP contribution in [0, 0.1) is 20.8 Å². The van der Waals surface area contributed by atoms with Crippen molar-refractivity contribution in [1.29, 1.82) is 0 Å². The molecule has 0 atom stereocenters. The smallest absolute Gasteiger partial charge is 0.258 e. The minimum atomic E-state index is -0.371. The number of benzene rings is 1. The molecule has 1 N–H and O–H groups in total. The number of carbonyl (C=O) groups excluding carboxylic acids is 1. The zero-order valence-electron chi connectivity index (χ0n) is 18.6. The van der Waals surface area contributed by atoms with Crippen molar-refractivity contribution < 1.29 is 14.3 Å². The van der Waals surface area contributed by atoms with Gasteiger partial charge in [-0.25, -0.2) is 9.67 Å². The minimum absolute atomic E-state index is 0.207. The summed E-state index contributed by atoms with van der Waals surface area (Å²) >= 11 is 0. The molecule has 31 heavy (non-hydrogen) atoms. The number of rotatable bonds is 7. The van der Waals surface area contributed by atoms with Crippen LogP contribution in [-0.2, 0) is 17.8 Å². The van der Waals surface area contributed by atoms with Gasteiger partial charge < -0.3 is 14.8 Å². The Labute approximate surface area is 180 Å². The standard InChI is InChI=1S/C22H27N5O4/c1-7-17-15(4)23-22(27-14(3)10-13(2)25-27)26(21(17)29)12-20(28)24-16-8-9-18(30-5)19(11-16)31-6/h8-11H,7,12H2,1-6H3,(H,24,28). The van der Waals surface area contributed by atoms with E-state index < -0.39 is 0 Å². The number of nitrogens with zero attached hydrogens (tertiary/aromatic N) is 4. The second kappa shape index (κ2) is 9.03. The largest absolute Gasteiger partial charge is 0.493 e. The van der Waals surface area contributed by atoms with E-state index in [2.05, 4.69) is 15.4 Å². The Balaban J connectivity index is 1.99. The molecule has 9 nitrogen and oxygen atoms in total. The van der Waals surface area contributed by atoms with Crippen LogP contribution in [0.15, 0.2) is 29.1 Å². The van der Waals surface area contributed by atoms with E-state index in [1.54, 1.807) is 36.9 Å². The Hall–Kier alpha value is -3.62. The lowest BCUT2D eigenvalue weighted by molar-refractivity contribution is -0.116. The molecule has 0 aliphatic heterocycles. The molecule has 164 valence electrons. The molecule has 0 saturated carbocycles. The van der Waals surface area contributed by atoms with Gasteiger partial charge in [0.15, 0.2) is 11.5 Å². The SMILES string of the molecule is CCc1c(C)nc(-n2nc(C)cc2C)n(CC(=O)Nc2ccc(OC)c(OC)c2)c1=O. The lowest BCUT2D eigenvalue weighted by Crippen LogP contribution is -2.34. The molecule has 9 heteroatoms. The van der Waals surface area contributed by atoms with Crippen LogP contribution in [0.4, 0.5) is 5.69 Å². The summed E-state index contributed by atoms with van der Waals surface area (Å²) in [6, 6.07) is 6.95. The zero-order valence-corrected chi connectivity index (χ0v) is 18.6. The molecule has 0 radical (unpaired) electrons. The van der Waals surface area contributed by atoms with E-state index in [-0.39, 0.29) is 18.0 Å². The van der Waals surface area contributed by atoms with E-state index in [4.69, 9.17) is 9.47 Å². The van der Waals surface area contributed by atoms with Crippen LogP contribution in [-0.4, -0.2) is 39.5 Å². The van der Waals surface area contributed by atoms with E-state index in [1.807, 2.05) is 26.8 Å². The number of methoxy groups -OCH3 is 2. The number of amides is 1. The number of aryl methyl sites for hydroxylation is 3. The van der Waals surface area contributed by atoms with Gasteiger partial charge in [0.2, 0.25) is 11.9 Å². The summed E-state index contributed by atoms with van der Waals surface area (Å²) in [5.41, 5.74) is 3.10. The van der Waals surface area contributed by atoms with E-state index in [0.717, 1.165) is 11.4 Å². The predicted molar refractivity (Wildman–Crippen MR) is 117 cm³/mol. The highest BCUT2D eigenvalue weighted by Crippen LogP contribution is 2.29. The average Bonchev–Trinajstić information content (AvgIpc) is 3.07. The first-order valence-electron chi connectivity index (χ1n) is 9.94. The number of anilines is 1. The minimum Gasteiger partial charge on any atom is -0.493 e. The fraction of sp³-hybridized carbons (Fsp3) is 0.364. The van der Waals surface area contributed by atoms with Gasteiger partial charge in [-0.15, -0.1) is 0 Å². The summed E-state index contributed by atoms with van der Waals surface area (Å²) in [5, 5.41) is 7.25. The van der Waals surface area contributed by atoms with E-state index in [0.29, 0.717) is 40.8 Å². The van der Waals surface area contributed by atoms with Crippen LogP contribution in [0.3, 0.4) is 0 Å². The van der Waals surface area contributed by atoms with Crippen molar-refractivity contribution in [2.45, 2.75) is 40.7 Å². The van der Waals surface area contributed by atoms with Crippen LogP contribution in [0.5, 0.6) is 11.5 Å². The van der Waals surface area contributed by atoms with Gasteiger partial charge in [0.05, 0.1) is 25.6 Å². The van der Waals surface area contributed by atoms with Crippen LogP contribution >= 0.6 is 0 Å². The summed E-state index contributed by atoms with van der Waals surface area (Å²) in [7, 11) is 3.06.